The summed E-state index contributed by atoms with van der Waals surface area (Å²) in [6.45, 7) is 5.68. The quantitative estimate of drug-likeness (QED) is 0.791. The number of carbonyl (C=O) groups excluding carboxylic acids is 1. The minimum atomic E-state index is 0.0297. The molecule has 0 bridgehead atoms. The number of hydrogen-bond donors (Lipinski definition) is 1. The fraction of sp³-hybridized carbons (Fsp3) is 0.462. The van der Waals surface area contributed by atoms with Gasteiger partial charge in [0.05, 0.1) is 6.61 Å². The minimum absolute atomic E-state index is 0.0297. The number of nitrogens with two attached hydrogens (primary N) is 1. The maximum absolute atomic E-state index is 12.2. The molecule has 0 saturated carbocycles. The Morgan fingerprint density at radius 2 is 2.18 bits per heavy atom. The molecule has 1 aromatic rings. The Hall–Kier alpha value is -1.55. The third kappa shape index (κ3) is 3.46. The van der Waals surface area contributed by atoms with Crippen molar-refractivity contribution < 1.29 is 9.53 Å². The Labute approximate surface area is 102 Å². The van der Waals surface area contributed by atoms with Crippen molar-refractivity contribution in [2.24, 2.45) is 0 Å². The summed E-state index contributed by atoms with van der Waals surface area (Å²) in [6, 6.07) is 5.35. The number of benzene rings is 1. The summed E-state index contributed by atoms with van der Waals surface area (Å²) >= 11 is 0. The van der Waals surface area contributed by atoms with Crippen LogP contribution < -0.4 is 5.73 Å². The lowest BCUT2D eigenvalue weighted by Gasteiger charge is -2.21. The zero-order valence-electron chi connectivity index (χ0n) is 10.7. The first-order chi connectivity index (χ1) is 8.10. The highest BCUT2D eigenvalue weighted by molar-refractivity contribution is 5.96. The number of anilines is 1. The minimum Gasteiger partial charge on any atom is -0.399 e. The number of nitrogen functional groups attached to an aromatic ring is 1. The van der Waals surface area contributed by atoms with Crippen LogP contribution in [-0.4, -0.2) is 37.6 Å². The van der Waals surface area contributed by atoms with E-state index in [4.69, 9.17) is 10.5 Å². The van der Waals surface area contributed by atoms with E-state index in [0.29, 0.717) is 30.9 Å². The van der Waals surface area contributed by atoms with Crippen molar-refractivity contribution in [1.29, 1.82) is 0 Å². The number of methoxy groups -OCH3 is 1. The van der Waals surface area contributed by atoms with Crippen LogP contribution >= 0.6 is 0 Å². The van der Waals surface area contributed by atoms with Gasteiger partial charge in [-0.1, -0.05) is 0 Å². The predicted octanol–water partition coefficient (Wildman–Crippen LogP) is 1.69. The second kappa shape index (κ2) is 6.25. The maximum Gasteiger partial charge on any atom is 0.254 e. The summed E-state index contributed by atoms with van der Waals surface area (Å²) < 4.78 is 5.00. The van der Waals surface area contributed by atoms with Gasteiger partial charge in [-0.15, -0.1) is 0 Å². The van der Waals surface area contributed by atoms with Crippen LogP contribution in [0, 0.1) is 6.92 Å². The number of nitrogens with zero attached hydrogens (tertiary/aromatic N) is 1. The monoisotopic (exact) mass is 236 g/mol. The van der Waals surface area contributed by atoms with Crippen LogP contribution in [0.1, 0.15) is 22.8 Å². The highest BCUT2D eigenvalue weighted by Crippen LogP contribution is 2.14. The van der Waals surface area contributed by atoms with E-state index in [1.165, 1.54) is 0 Å². The molecule has 0 aromatic heterocycles. The molecule has 17 heavy (non-hydrogen) atoms. The molecule has 1 rings (SSSR count). The van der Waals surface area contributed by atoms with Crippen molar-refractivity contribution in [2.75, 3.05) is 32.5 Å². The van der Waals surface area contributed by atoms with Gasteiger partial charge in [-0.05, 0) is 37.6 Å². The van der Waals surface area contributed by atoms with Gasteiger partial charge in [0.2, 0.25) is 0 Å². The summed E-state index contributed by atoms with van der Waals surface area (Å²) in [5, 5.41) is 0. The van der Waals surface area contributed by atoms with Gasteiger partial charge in [-0.3, -0.25) is 4.79 Å². The van der Waals surface area contributed by atoms with Gasteiger partial charge in [-0.2, -0.15) is 0 Å². The highest BCUT2D eigenvalue weighted by Gasteiger charge is 2.15. The van der Waals surface area contributed by atoms with Crippen molar-refractivity contribution in [2.45, 2.75) is 13.8 Å². The lowest BCUT2D eigenvalue weighted by molar-refractivity contribution is 0.0706. The fourth-order valence-electron chi connectivity index (χ4n) is 1.70. The number of ether oxygens (including phenoxy) is 1. The summed E-state index contributed by atoms with van der Waals surface area (Å²) in [7, 11) is 1.63. The van der Waals surface area contributed by atoms with Crippen molar-refractivity contribution >= 4 is 11.6 Å². The van der Waals surface area contributed by atoms with E-state index >= 15 is 0 Å². The Bertz CT molecular complexity index is 391. The van der Waals surface area contributed by atoms with Crippen LogP contribution in [0.4, 0.5) is 5.69 Å². The molecule has 0 aliphatic heterocycles. The topological polar surface area (TPSA) is 55.6 Å². The zero-order chi connectivity index (χ0) is 12.8. The SMILES string of the molecule is CCN(CCOC)C(=O)c1ccc(N)cc1C. The van der Waals surface area contributed by atoms with Crippen molar-refractivity contribution in [3.8, 4) is 0 Å². The summed E-state index contributed by atoms with van der Waals surface area (Å²) in [6.07, 6.45) is 0. The van der Waals surface area contributed by atoms with E-state index < -0.39 is 0 Å². The van der Waals surface area contributed by atoms with Crippen molar-refractivity contribution in [1.82, 2.24) is 4.90 Å². The standard InChI is InChI=1S/C13H20N2O2/c1-4-15(7-8-17-3)13(16)12-6-5-11(14)9-10(12)2/h5-6,9H,4,7-8,14H2,1-3H3. The molecule has 1 amide bonds. The average Bonchev–Trinajstić information content (AvgIpc) is 2.29. The Kier molecular flexibility index (Phi) is 4.97. The molecule has 0 radical (unpaired) electrons. The molecular formula is C13H20N2O2. The van der Waals surface area contributed by atoms with Crippen LogP contribution in [0.25, 0.3) is 0 Å². The average molecular weight is 236 g/mol. The van der Waals surface area contributed by atoms with Gasteiger partial charge in [0.25, 0.3) is 5.91 Å². The van der Waals surface area contributed by atoms with E-state index in [-0.39, 0.29) is 5.91 Å². The van der Waals surface area contributed by atoms with Crippen LogP contribution in [0.5, 0.6) is 0 Å². The van der Waals surface area contributed by atoms with E-state index in [1.807, 2.05) is 19.9 Å². The van der Waals surface area contributed by atoms with Gasteiger partial charge < -0.3 is 15.4 Å². The molecule has 0 aliphatic rings. The third-order valence-corrected chi connectivity index (χ3v) is 2.72. The summed E-state index contributed by atoms with van der Waals surface area (Å²) in [5.41, 5.74) is 7.97. The molecule has 0 atom stereocenters. The summed E-state index contributed by atoms with van der Waals surface area (Å²) in [4.78, 5) is 14.0. The van der Waals surface area contributed by atoms with E-state index in [0.717, 1.165) is 5.56 Å². The number of rotatable bonds is 5. The fourth-order valence-corrected chi connectivity index (χ4v) is 1.70. The molecule has 94 valence electrons. The molecule has 1 aromatic carbocycles. The van der Waals surface area contributed by atoms with Crippen LogP contribution in [0.2, 0.25) is 0 Å². The van der Waals surface area contributed by atoms with Crippen molar-refractivity contribution in [3.05, 3.63) is 29.3 Å². The van der Waals surface area contributed by atoms with Crippen LogP contribution in [0.3, 0.4) is 0 Å². The van der Waals surface area contributed by atoms with Crippen LogP contribution in [-0.2, 0) is 4.74 Å². The predicted molar refractivity (Wildman–Crippen MR) is 69.0 cm³/mol. The molecule has 0 heterocycles. The second-order valence-electron chi connectivity index (χ2n) is 3.95. The number of aryl methyl sites for hydroxylation is 1. The lowest BCUT2D eigenvalue weighted by Crippen LogP contribution is -2.34. The number of carbonyl (C=O) groups is 1. The maximum atomic E-state index is 12.2. The number of amides is 1. The van der Waals surface area contributed by atoms with E-state index in [1.54, 1.807) is 24.1 Å². The van der Waals surface area contributed by atoms with E-state index in [9.17, 15) is 4.79 Å². The first kappa shape index (κ1) is 13.5. The first-order valence-electron chi connectivity index (χ1n) is 5.74. The molecule has 0 spiro atoms. The first-order valence-corrected chi connectivity index (χ1v) is 5.74. The Morgan fingerprint density at radius 3 is 2.71 bits per heavy atom. The summed E-state index contributed by atoms with van der Waals surface area (Å²) in [5.74, 6) is 0.0297. The molecule has 0 saturated heterocycles. The Balaban J connectivity index is 2.86. The van der Waals surface area contributed by atoms with Gasteiger partial charge in [0, 0.05) is 31.5 Å². The third-order valence-electron chi connectivity index (χ3n) is 2.72. The molecule has 4 nitrogen and oxygen atoms in total. The van der Waals surface area contributed by atoms with Gasteiger partial charge >= 0.3 is 0 Å². The number of hydrogen-bond acceptors (Lipinski definition) is 3. The molecule has 2 N–H and O–H groups in total. The molecule has 4 heteroatoms. The second-order valence-corrected chi connectivity index (χ2v) is 3.95. The number of likely N-dealkylation sites (N-methyl/N-ethyl adjacent to an activating group) is 1. The highest BCUT2D eigenvalue weighted by atomic mass is 16.5. The van der Waals surface area contributed by atoms with Gasteiger partial charge in [0.15, 0.2) is 0 Å². The van der Waals surface area contributed by atoms with Crippen LogP contribution in [0.15, 0.2) is 18.2 Å². The van der Waals surface area contributed by atoms with Crippen molar-refractivity contribution in [3.63, 3.8) is 0 Å². The lowest BCUT2D eigenvalue weighted by atomic mass is 10.1. The Morgan fingerprint density at radius 1 is 1.47 bits per heavy atom. The molecule has 0 fully saturated rings. The smallest absolute Gasteiger partial charge is 0.254 e. The molecule has 0 aliphatic carbocycles. The largest absolute Gasteiger partial charge is 0.399 e. The normalized spacial score (nSPS) is 10.3. The van der Waals surface area contributed by atoms with Gasteiger partial charge in [-0.25, -0.2) is 0 Å². The molecular weight excluding hydrogens is 216 g/mol. The van der Waals surface area contributed by atoms with Gasteiger partial charge in [0.1, 0.15) is 0 Å². The van der Waals surface area contributed by atoms with E-state index in [2.05, 4.69) is 0 Å². The molecule has 0 unspecified atom stereocenters. The zero-order valence-corrected chi connectivity index (χ0v) is 10.7.